The number of amides is 1. The molecule has 26 heavy (non-hydrogen) atoms. The van der Waals surface area contributed by atoms with Crippen molar-refractivity contribution in [2.75, 3.05) is 23.8 Å². The zero-order valence-electron chi connectivity index (χ0n) is 17.2. The Balaban J connectivity index is 2.11. The lowest BCUT2D eigenvalue weighted by atomic mass is 10.1. The Kier molecular flexibility index (Phi) is 11.5. The molecule has 0 fully saturated rings. The number of rotatable bonds is 14. The Morgan fingerprint density at radius 1 is 0.923 bits per heavy atom. The summed E-state index contributed by atoms with van der Waals surface area (Å²) in [6.07, 6.45) is 13.6. The molecule has 0 bridgehead atoms. The van der Waals surface area contributed by atoms with E-state index >= 15 is 0 Å². The molecule has 0 aliphatic rings. The average molecular weight is 359 g/mol. The van der Waals surface area contributed by atoms with Gasteiger partial charge in [0.2, 0.25) is 0 Å². The van der Waals surface area contributed by atoms with E-state index in [-0.39, 0.29) is 5.91 Å². The quantitative estimate of drug-likeness (QED) is 0.302. The predicted octanol–water partition coefficient (Wildman–Crippen LogP) is 6.56. The number of anilines is 2. The van der Waals surface area contributed by atoms with Gasteiger partial charge in [-0.2, -0.15) is 0 Å². The zero-order chi connectivity index (χ0) is 19.2. The van der Waals surface area contributed by atoms with E-state index in [4.69, 9.17) is 0 Å². The molecule has 1 aromatic carbocycles. The minimum absolute atomic E-state index is 0.0453. The van der Waals surface area contributed by atoms with Gasteiger partial charge in [-0.3, -0.25) is 4.79 Å². The second-order valence-electron chi connectivity index (χ2n) is 7.30. The second kappa shape index (κ2) is 13.4. The number of benzene rings is 1. The smallest absolute Gasteiger partial charge is 0.253 e. The lowest BCUT2D eigenvalue weighted by Gasteiger charge is -2.17. The van der Waals surface area contributed by atoms with Crippen molar-refractivity contribution < 1.29 is 4.79 Å². The largest absolute Gasteiger partial charge is 0.385 e. The molecule has 0 saturated carbocycles. The first-order valence-electron chi connectivity index (χ1n) is 10.3. The van der Waals surface area contributed by atoms with Crippen molar-refractivity contribution in [3.8, 4) is 0 Å². The highest BCUT2D eigenvalue weighted by Gasteiger charge is 2.10. The summed E-state index contributed by atoms with van der Waals surface area (Å²) < 4.78 is 0. The molecule has 0 unspecified atom stereocenters. The molecule has 1 amide bonds. The summed E-state index contributed by atoms with van der Waals surface area (Å²) >= 11 is 0. The monoisotopic (exact) mass is 358 g/mol. The number of hydrogen-bond acceptors (Lipinski definition) is 2. The van der Waals surface area contributed by atoms with Gasteiger partial charge in [0, 0.05) is 30.5 Å². The molecule has 3 nitrogen and oxygen atoms in total. The molecule has 146 valence electrons. The van der Waals surface area contributed by atoms with Crippen LogP contribution in [0, 0.1) is 0 Å². The van der Waals surface area contributed by atoms with Crippen molar-refractivity contribution >= 4 is 17.3 Å². The topological polar surface area (TPSA) is 32.3 Å². The molecule has 0 aromatic heterocycles. The first-order chi connectivity index (χ1) is 12.6. The Morgan fingerprint density at radius 2 is 1.42 bits per heavy atom. The fourth-order valence-electron chi connectivity index (χ4n) is 3.05. The number of carbonyl (C=O) groups excluding carboxylic acids is 1. The third kappa shape index (κ3) is 9.07. The van der Waals surface area contributed by atoms with Crippen LogP contribution in [0.4, 0.5) is 11.4 Å². The first kappa shape index (κ1) is 22.3. The zero-order valence-corrected chi connectivity index (χ0v) is 17.2. The SMILES string of the molecule is C=C(C)C(=O)N(C)c1ccc(NCCCCCCCCCCCC)cc1. The summed E-state index contributed by atoms with van der Waals surface area (Å²) in [6.45, 7) is 8.73. The van der Waals surface area contributed by atoms with Gasteiger partial charge >= 0.3 is 0 Å². The number of hydrogen-bond donors (Lipinski definition) is 1. The molecular weight excluding hydrogens is 320 g/mol. The number of carbonyl (C=O) groups is 1. The van der Waals surface area contributed by atoms with Crippen LogP contribution in [-0.2, 0) is 4.79 Å². The summed E-state index contributed by atoms with van der Waals surface area (Å²) in [6, 6.07) is 8.02. The Morgan fingerprint density at radius 3 is 1.92 bits per heavy atom. The fourth-order valence-corrected chi connectivity index (χ4v) is 3.05. The first-order valence-corrected chi connectivity index (χ1v) is 10.3. The van der Waals surface area contributed by atoms with E-state index in [0.717, 1.165) is 17.9 Å². The maximum Gasteiger partial charge on any atom is 0.253 e. The van der Waals surface area contributed by atoms with Crippen molar-refractivity contribution in [1.82, 2.24) is 0 Å². The number of unbranched alkanes of at least 4 members (excludes halogenated alkanes) is 9. The van der Waals surface area contributed by atoms with Gasteiger partial charge in [-0.25, -0.2) is 0 Å². The lowest BCUT2D eigenvalue weighted by molar-refractivity contribution is -0.114. The fraction of sp³-hybridized carbons (Fsp3) is 0.609. The van der Waals surface area contributed by atoms with E-state index in [1.54, 1.807) is 18.9 Å². The van der Waals surface area contributed by atoms with Crippen LogP contribution < -0.4 is 10.2 Å². The molecule has 3 heteroatoms. The van der Waals surface area contributed by atoms with E-state index in [1.165, 1.54) is 64.2 Å². The Labute approximate surface area is 160 Å². The van der Waals surface area contributed by atoms with Gasteiger partial charge in [-0.1, -0.05) is 71.3 Å². The molecular formula is C23H38N2O. The summed E-state index contributed by atoms with van der Waals surface area (Å²) in [4.78, 5) is 13.6. The molecule has 0 saturated heterocycles. The van der Waals surface area contributed by atoms with Crippen LogP contribution in [-0.4, -0.2) is 19.5 Å². The van der Waals surface area contributed by atoms with Crippen molar-refractivity contribution in [3.05, 3.63) is 36.4 Å². The van der Waals surface area contributed by atoms with Gasteiger partial charge in [0.15, 0.2) is 0 Å². The van der Waals surface area contributed by atoms with Crippen molar-refractivity contribution in [3.63, 3.8) is 0 Å². The highest BCUT2D eigenvalue weighted by atomic mass is 16.2. The van der Waals surface area contributed by atoms with Crippen LogP contribution in [0.1, 0.15) is 78.1 Å². The molecule has 0 aliphatic heterocycles. The van der Waals surface area contributed by atoms with Crippen molar-refractivity contribution in [1.29, 1.82) is 0 Å². The van der Waals surface area contributed by atoms with Gasteiger partial charge in [-0.05, 0) is 37.6 Å². The second-order valence-corrected chi connectivity index (χ2v) is 7.30. The number of nitrogens with one attached hydrogen (secondary N) is 1. The molecule has 1 rings (SSSR count). The summed E-state index contributed by atoms with van der Waals surface area (Å²) in [5.74, 6) is -0.0453. The lowest BCUT2D eigenvalue weighted by Crippen LogP contribution is -2.26. The van der Waals surface area contributed by atoms with Crippen LogP contribution in [0.2, 0.25) is 0 Å². The molecule has 0 heterocycles. The number of likely N-dealkylation sites (N-methyl/N-ethyl adjacent to an activating group) is 1. The maximum absolute atomic E-state index is 11.9. The maximum atomic E-state index is 11.9. The minimum atomic E-state index is -0.0453. The van der Waals surface area contributed by atoms with Crippen LogP contribution in [0.3, 0.4) is 0 Å². The number of nitrogens with zero attached hydrogens (tertiary/aromatic N) is 1. The average Bonchev–Trinajstić information content (AvgIpc) is 2.65. The molecule has 1 N–H and O–H groups in total. The third-order valence-corrected chi connectivity index (χ3v) is 4.78. The standard InChI is InChI=1S/C23H38N2O/c1-5-6-7-8-9-10-11-12-13-14-19-24-21-15-17-22(18-16-21)25(4)23(26)20(2)3/h15-18,24H,2,5-14,19H2,1,3-4H3. The van der Waals surface area contributed by atoms with Crippen LogP contribution in [0.5, 0.6) is 0 Å². The minimum Gasteiger partial charge on any atom is -0.385 e. The van der Waals surface area contributed by atoms with E-state index in [0.29, 0.717) is 5.57 Å². The normalized spacial score (nSPS) is 10.6. The van der Waals surface area contributed by atoms with Crippen molar-refractivity contribution in [2.24, 2.45) is 0 Å². The van der Waals surface area contributed by atoms with Gasteiger partial charge in [-0.15, -0.1) is 0 Å². The van der Waals surface area contributed by atoms with Crippen LogP contribution in [0.25, 0.3) is 0 Å². The predicted molar refractivity (Wildman–Crippen MR) is 115 cm³/mol. The Bertz CT molecular complexity index is 522. The van der Waals surface area contributed by atoms with E-state index in [2.05, 4.69) is 18.8 Å². The van der Waals surface area contributed by atoms with Gasteiger partial charge in [0.25, 0.3) is 5.91 Å². The molecule has 0 atom stereocenters. The van der Waals surface area contributed by atoms with Crippen LogP contribution in [0.15, 0.2) is 36.4 Å². The highest BCUT2D eigenvalue weighted by Crippen LogP contribution is 2.18. The van der Waals surface area contributed by atoms with E-state index < -0.39 is 0 Å². The summed E-state index contributed by atoms with van der Waals surface area (Å²) in [5, 5.41) is 3.47. The van der Waals surface area contributed by atoms with Gasteiger partial charge in [0.05, 0.1) is 0 Å². The Hall–Kier alpha value is -1.77. The third-order valence-electron chi connectivity index (χ3n) is 4.78. The van der Waals surface area contributed by atoms with Gasteiger partial charge < -0.3 is 10.2 Å². The van der Waals surface area contributed by atoms with Crippen molar-refractivity contribution in [2.45, 2.75) is 78.1 Å². The molecule has 0 spiro atoms. The van der Waals surface area contributed by atoms with Gasteiger partial charge in [0.1, 0.15) is 0 Å². The molecule has 0 radical (unpaired) electrons. The van der Waals surface area contributed by atoms with Crippen LogP contribution >= 0.6 is 0 Å². The molecule has 0 aliphatic carbocycles. The summed E-state index contributed by atoms with van der Waals surface area (Å²) in [7, 11) is 1.78. The molecule has 1 aromatic rings. The highest BCUT2D eigenvalue weighted by molar-refractivity contribution is 6.04. The van der Waals surface area contributed by atoms with E-state index in [1.807, 2.05) is 24.3 Å². The van der Waals surface area contributed by atoms with E-state index in [9.17, 15) is 4.79 Å². The summed E-state index contributed by atoms with van der Waals surface area (Å²) in [5.41, 5.74) is 2.55.